The summed E-state index contributed by atoms with van der Waals surface area (Å²) in [5.41, 5.74) is 1.86. The van der Waals surface area contributed by atoms with Crippen LogP contribution >= 0.6 is 0 Å². The average molecular weight is 309 g/mol. The summed E-state index contributed by atoms with van der Waals surface area (Å²) in [5, 5.41) is 6.69. The molecular formula is C15H17F2N3O2. The lowest BCUT2D eigenvalue weighted by atomic mass is 10.2. The highest BCUT2D eigenvalue weighted by Gasteiger charge is 2.19. The highest BCUT2D eigenvalue weighted by atomic mass is 19.3. The van der Waals surface area contributed by atoms with Crippen LogP contribution in [-0.4, -0.2) is 22.3 Å². The Labute approximate surface area is 126 Å². The van der Waals surface area contributed by atoms with E-state index in [1.54, 1.807) is 42.9 Å². The van der Waals surface area contributed by atoms with E-state index in [2.05, 4.69) is 15.2 Å². The van der Waals surface area contributed by atoms with Gasteiger partial charge in [-0.15, -0.1) is 0 Å². The number of carbonyl (C=O) groups excluding carboxylic acids is 1. The summed E-state index contributed by atoms with van der Waals surface area (Å²) in [5.74, 6) is -0.435. The van der Waals surface area contributed by atoms with E-state index in [9.17, 15) is 13.6 Å². The van der Waals surface area contributed by atoms with Gasteiger partial charge in [0.05, 0.1) is 5.69 Å². The normalized spacial score (nSPS) is 12.3. The van der Waals surface area contributed by atoms with Crippen molar-refractivity contribution in [3.63, 3.8) is 0 Å². The maximum atomic E-state index is 12.4. The topological polar surface area (TPSA) is 56.1 Å². The molecule has 1 aromatic carbocycles. The monoisotopic (exact) mass is 309 g/mol. The zero-order chi connectivity index (χ0) is 16.3. The molecule has 0 saturated carbocycles. The first-order valence-corrected chi connectivity index (χ1v) is 6.75. The Morgan fingerprint density at radius 1 is 1.32 bits per heavy atom. The summed E-state index contributed by atoms with van der Waals surface area (Å²) >= 11 is 0. The smallest absolute Gasteiger partial charge is 0.387 e. The van der Waals surface area contributed by atoms with Crippen LogP contribution in [-0.2, 0) is 4.79 Å². The second kappa shape index (κ2) is 6.55. The molecule has 5 nitrogen and oxygen atoms in total. The van der Waals surface area contributed by atoms with E-state index >= 15 is 0 Å². The molecule has 0 aliphatic rings. The van der Waals surface area contributed by atoms with Gasteiger partial charge in [0.2, 0.25) is 5.91 Å². The molecule has 1 heterocycles. The number of halogens is 2. The van der Waals surface area contributed by atoms with Crippen LogP contribution in [0.4, 0.5) is 14.5 Å². The zero-order valence-corrected chi connectivity index (χ0v) is 12.5. The van der Waals surface area contributed by atoms with Gasteiger partial charge in [-0.05, 0) is 44.5 Å². The fourth-order valence-corrected chi connectivity index (χ4v) is 2.07. The number of amides is 1. The van der Waals surface area contributed by atoms with Gasteiger partial charge in [-0.2, -0.15) is 13.9 Å². The average Bonchev–Trinajstić information content (AvgIpc) is 2.86. The molecule has 22 heavy (non-hydrogen) atoms. The number of ether oxygens (including phenoxy) is 1. The number of alkyl halides is 2. The lowest BCUT2D eigenvalue weighted by Gasteiger charge is -2.17. The summed E-state index contributed by atoms with van der Waals surface area (Å²) in [4.78, 5) is 12.3. The van der Waals surface area contributed by atoms with Gasteiger partial charge in [0.15, 0.2) is 0 Å². The number of rotatable bonds is 5. The van der Waals surface area contributed by atoms with E-state index < -0.39 is 12.7 Å². The molecule has 1 atom stereocenters. The van der Waals surface area contributed by atoms with Crippen molar-refractivity contribution in [2.75, 3.05) is 5.32 Å². The lowest BCUT2D eigenvalue weighted by molar-refractivity contribution is -0.119. The van der Waals surface area contributed by atoms with E-state index in [0.717, 1.165) is 11.3 Å². The largest absolute Gasteiger partial charge is 0.433 e. The minimum Gasteiger partial charge on any atom is -0.433 e. The van der Waals surface area contributed by atoms with Crippen molar-refractivity contribution in [3.05, 3.63) is 41.7 Å². The first kappa shape index (κ1) is 15.9. The van der Waals surface area contributed by atoms with Crippen molar-refractivity contribution in [3.8, 4) is 5.75 Å². The number of nitrogens with zero attached hydrogens (tertiary/aromatic N) is 2. The fourth-order valence-electron chi connectivity index (χ4n) is 2.07. The van der Waals surface area contributed by atoms with E-state index in [4.69, 9.17) is 0 Å². The Hall–Kier alpha value is -2.44. The van der Waals surface area contributed by atoms with Gasteiger partial charge in [0, 0.05) is 11.9 Å². The summed E-state index contributed by atoms with van der Waals surface area (Å²) < 4.78 is 30.8. The molecule has 0 bridgehead atoms. The van der Waals surface area contributed by atoms with Crippen molar-refractivity contribution in [2.45, 2.75) is 33.4 Å². The van der Waals surface area contributed by atoms with E-state index in [1.807, 2.05) is 6.92 Å². The van der Waals surface area contributed by atoms with Gasteiger partial charge in [-0.1, -0.05) is 6.07 Å². The highest BCUT2D eigenvalue weighted by molar-refractivity contribution is 5.94. The molecule has 0 aliphatic heterocycles. The predicted octanol–water partition coefficient (Wildman–Crippen LogP) is 3.30. The first-order chi connectivity index (χ1) is 10.4. The molecule has 7 heteroatoms. The molecule has 1 N–H and O–H groups in total. The molecule has 0 saturated heterocycles. The highest BCUT2D eigenvalue weighted by Crippen LogP contribution is 2.28. The van der Waals surface area contributed by atoms with E-state index in [-0.39, 0.29) is 17.3 Å². The standard InChI is InChI=1S/C15H17F2N3O2/c1-9-4-5-13(22-15(16)17)12(8-9)19-14(21)11(3)20-10(2)6-7-18-20/h4-8,11,15H,1-3H3,(H,19,21). The van der Waals surface area contributed by atoms with Gasteiger partial charge in [0.1, 0.15) is 11.8 Å². The molecule has 0 fully saturated rings. The molecule has 0 aliphatic carbocycles. The lowest BCUT2D eigenvalue weighted by Crippen LogP contribution is -2.25. The van der Waals surface area contributed by atoms with Crippen LogP contribution in [0.5, 0.6) is 5.75 Å². The molecule has 0 radical (unpaired) electrons. The summed E-state index contributed by atoms with van der Waals surface area (Å²) in [6.07, 6.45) is 1.59. The second-order valence-corrected chi connectivity index (χ2v) is 4.96. The van der Waals surface area contributed by atoms with Gasteiger partial charge in [-0.3, -0.25) is 9.48 Å². The van der Waals surface area contributed by atoms with Crippen LogP contribution in [0.3, 0.4) is 0 Å². The maximum absolute atomic E-state index is 12.4. The third kappa shape index (κ3) is 3.60. The molecule has 1 unspecified atom stereocenters. The van der Waals surface area contributed by atoms with Gasteiger partial charge in [-0.25, -0.2) is 0 Å². The summed E-state index contributed by atoms with van der Waals surface area (Å²) in [6.45, 7) is 2.35. The molecule has 0 spiro atoms. The summed E-state index contributed by atoms with van der Waals surface area (Å²) in [7, 11) is 0. The Kier molecular flexibility index (Phi) is 4.75. The molecule has 2 aromatic rings. The van der Waals surface area contributed by atoms with Crippen molar-refractivity contribution < 1.29 is 18.3 Å². The number of anilines is 1. The number of benzene rings is 1. The predicted molar refractivity (Wildman–Crippen MR) is 78.1 cm³/mol. The number of aryl methyl sites for hydroxylation is 2. The molecular weight excluding hydrogens is 292 g/mol. The molecule has 1 amide bonds. The van der Waals surface area contributed by atoms with Gasteiger partial charge in [0.25, 0.3) is 0 Å². The number of aromatic nitrogens is 2. The van der Waals surface area contributed by atoms with Crippen molar-refractivity contribution in [1.82, 2.24) is 9.78 Å². The zero-order valence-electron chi connectivity index (χ0n) is 12.5. The Balaban J connectivity index is 2.20. The molecule has 1 aromatic heterocycles. The number of hydrogen-bond donors (Lipinski definition) is 1. The second-order valence-electron chi connectivity index (χ2n) is 4.96. The van der Waals surface area contributed by atoms with Crippen molar-refractivity contribution in [1.29, 1.82) is 0 Å². The third-order valence-electron chi connectivity index (χ3n) is 3.22. The van der Waals surface area contributed by atoms with Gasteiger partial charge >= 0.3 is 6.61 Å². The number of nitrogens with one attached hydrogen (secondary N) is 1. The van der Waals surface area contributed by atoms with E-state index in [0.29, 0.717) is 0 Å². The molecule has 118 valence electrons. The minimum atomic E-state index is -2.95. The first-order valence-electron chi connectivity index (χ1n) is 6.75. The Morgan fingerprint density at radius 3 is 2.64 bits per heavy atom. The van der Waals surface area contributed by atoms with Crippen molar-refractivity contribution in [2.24, 2.45) is 0 Å². The van der Waals surface area contributed by atoms with Crippen LogP contribution in [0, 0.1) is 13.8 Å². The van der Waals surface area contributed by atoms with Crippen molar-refractivity contribution >= 4 is 11.6 Å². The summed E-state index contributed by atoms with van der Waals surface area (Å²) in [6, 6.07) is 5.82. The number of hydrogen-bond acceptors (Lipinski definition) is 3. The SMILES string of the molecule is Cc1ccc(OC(F)F)c(NC(=O)C(C)n2nccc2C)c1. The van der Waals surface area contributed by atoms with Crippen LogP contribution in [0.1, 0.15) is 24.2 Å². The maximum Gasteiger partial charge on any atom is 0.387 e. The third-order valence-corrected chi connectivity index (χ3v) is 3.22. The Bertz CT molecular complexity index is 671. The number of carbonyl (C=O) groups is 1. The van der Waals surface area contributed by atoms with E-state index in [1.165, 1.54) is 6.07 Å². The van der Waals surface area contributed by atoms with Gasteiger partial charge < -0.3 is 10.1 Å². The van der Waals surface area contributed by atoms with Crippen LogP contribution in [0.25, 0.3) is 0 Å². The fraction of sp³-hybridized carbons (Fsp3) is 0.333. The molecule has 2 rings (SSSR count). The Morgan fingerprint density at radius 2 is 2.05 bits per heavy atom. The quantitative estimate of drug-likeness (QED) is 0.922. The van der Waals surface area contributed by atoms with Crippen LogP contribution in [0.2, 0.25) is 0 Å². The van der Waals surface area contributed by atoms with Crippen LogP contribution in [0.15, 0.2) is 30.5 Å². The minimum absolute atomic E-state index is 0.0710. The van der Waals surface area contributed by atoms with Crippen LogP contribution < -0.4 is 10.1 Å².